The van der Waals surface area contributed by atoms with Crippen LogP contribution >= 0.6 is 0 Å². The predicted octanol–water partition coefficient (Wildman–Crippen LogP) is 4.44. The molecule has 0 saturated heterocycles. The zero-order valence-electron chi connectivity index (χ0n) is 12.7. The number of rotatable bonds is 5. The first kappa shape index (κ1) is 15.2. The number of benzene rings is 2. The first-order chi connectivity index (χ1) is 9.97. The van der Waals surface area contributed by atoms with Crippen molar-refractivity contribution in [1.29, 1.82) is 0 Å². The van der Waals surface area contributed by atoms with Crippen molar-refractivity contribution < 1.29 is 9.59 Å². The maximum Gasteiger partial charge on any atom is 0.159 e. The summed E-state index contributed by atoms with van der Waals surface area (Å²) in [4.78, 5) is 22.5. The lowest BCUT2D eigenvalue weighted by atomic mass is 9.92. The highest BCUT2D eigenvalue weighted by Gasteiger charge is 2.08. The lowest BCUT2D eigenvalue weighted by molar-refractivity contribution is 0.100. The molecule has 2 heteroatoms. The summed E-state index contributed by atoms with van der Waals surface area (Å²) in [6, 6.07) is 15.6. The second kappa shape index (κ2) is 6.49. The molecule has 0 radical (unpaired) electrons. The molecule has 0 bridgehead atoms. The van der Waals surface area contributed by atoms with E-state index in [9.17, 15) is 9.59 Å². The molecule has 21 heavy (non-hydrogen) atoms. The van der Waals surface area contributed by atoms with E-state index in [0.29, 0.717) is 5.92 Å². The van der Waals surface area contributed by atoms with Crippen LogP contribution in [0.4, 0.5) is 0 Å². The molecule has 0 aromatic heterocycles. The van der Waals surface area contributed by atoms with E-state index in [1.54, 1.807) is 13.8 Å². The molecule has 0 aliphatic rings. The molecule has 0 heterocycles. The van der Waals surface area contributed by atoms with Crippen molar-refractivity contribution in [1.82, 2.24) is 0 Å². The van der Waals surface area contributed by atoms with Crippen molar-refractivity contribution in [3.05, 3.63) is 70.8 Å². The van der Waals surface area contributed by atoms with Crippen molar-refractivity contribution in [3.8, 4) is 0 Å². The number of hydrogen-bond donors (Lipinski definition) is 0. The first-order valence-corrected chi connectivity index (χ1v) is 7.18. The van der Waals surface area contributed by atoms with Crippen LogP contribution in [0.15, 0.2) is 48.5 Å². The largest absolute Gasteiger partial charge is 0.295 e. The Bertz CT molecular complexity index is 636. The Morgan fingerprint density at radius 3 is 1.67 bits per heavy atom. The number of ketones is 2. The minimum absolute atomic E-state index is 0.0917. The lowest BCUT2D eigenvalue weighted by Crippen LogP contribution is -2.00. The topological polar surface area (TPSA) is 34.1 Å². The summed E-state index contributed by atoms with van der Waals surface area (Å²) in [5.74, 6) is 0.553. The van der Waals surface area contributed by atoms with Gasteiger partial charge in [0.2, 0.25) is 0 Å². The number of Topliss-reactive ketones (excluding diaryl/α,β-unsaturated/α-hetero) is 2. The van der Waals surface area contributed by atoms with Crippen LogP contribution in [0.25, 0.3) is 0 Å². The molecular weight excluding hydrogens is 260 g/mol. The van der Waals surface area contributed by atoms with Gasteiger partial charge in [0, 0.05) is 11.1 Å². The zero-order chi connectivity index (χ0) is 15.4. The van der Waals surface area contributed by atoms with Gasteiger partial charge in [0.05, 0.1) is 0 Å². The first-order valence-electron chi connectivity index (χ1n) is 7.18. The molecule has 2 rings (SSSR count). The van der Waals surface area contributed by atoms with Gasteiger partial charge in [-0.1, -0.05) is 55.5 Å². The van der Waals surface area contributed by atoms with Crippen molar-refractivity contribution in [2.45, 2.75) is 33.1 Å². The normalized spacial score (nSPS) is 12.0. The maximum atomic E-state index is 11.3. The third-order valence-electron chi connectivity index (χ3n) is 3.79. The Morgan fingerprint density at radius 2 is 1.24 bits per heavy atom. The van der Waals surface area contributed by atoms with Crippen LogP contribution in [-0.4, -0.2) is 11.6 Å². The summed E-state index contributed by atoms with van der Waals surface area (Å²) in [6.07, 6.45) is 0.914. The molecule has 0 aliphatic carbocycles. The molecule has 108 valence electrons. The summed E-state index contributed by atoms with van der Waals surface area (Å²) in [7, 11) is 0. The van der Waals surface area contributed by atoms with E-state index in [1.807, 2.05) is 48.5 Å². The van der Waals surface area contributed by atoms with E-state index in [1.165, 1.54) is 11.1 Å². The van der Waals surface area contributed by atoms with Crippen molar-refractivity contribution in [2.75, 3.05) is 0 Å². The Morgan fingerprint density at radius 1 is 0.810 bits per heavy atom. The average Bonchev–Trinajstić information content (AvgIpc) is 2.47. The molecule has 1 atom stereocenters. The fourth-order valence-corrected chi connectivity index (χ4v) is 2.39. The standard InChI is InChI=1S/C19H20O2/c1-13(17-8-10-19(11-9-17)15(3)21)12-16-4-6-18(7-5-16)14(2)20/h4-11,13H,12H2,1-3H3. The van der Waals surface area contributed by atoms with Gasteiger partial charge in [0.15, 0.2) is 11.6 Å². The van der Waals surface area contributed by atoms with Crippen LogP contribution in [0.5, 0.6) is 0 Å². The van der Waals surface area contributed by atoms with Gasteiger partial charge in [-0.15, -0.1) is 0 Å². The molecule has 2 aromatic carbocycles. The van der Waals surface area contributed by atoms with Crippen molar-refractivity contribution >= 4 is 11.6 Å². The minimum Gasteiger partial charge on any atom is -0.295 e. The Hall–Kier alpha value is -2.22. The van der Waals surface area contributed by atoms with E-state index < -0.39 is 0 Å². The number of hydrogen-bond acceptors (Lipinski definition) is 2. The van der Waals surface area contributed by atoms with Gasteiger partial charge in [-0.05, 0) is 37.3 Å². The number of carbonyl (C=O) groups is 2. The Kier molecular flexibility index (Phi) is 4.69. The van der Waals surface area contributed by atoms with Crippen LogP contribution in [-0.2, 0) is 6.42 Å². The van der Waals surface area contributed by atoms with Crippen LogP contribution in [0.3, 0.4) is 0 Å². The van der Waals surface area contributed by atoms with Crippen LogP contribution in [0.1, 0.15) is 58.5 Å². The smallest absolute Gasteiger partial charge is 0.159 e. The van der Waals surface area contributed by atoms with Gasteiger partial charge in [0.25, 0.3) is 0 Å². The van der Waals surface area contributed by atoms with Gasteiger partial charge >= 0.3 is 0 Å². The van der Waals surface area contributed by atoms with Gasteiger partial charge < -0.3 is 0 Å². The second-order valence-electron chi connectivity index (χ2n) is 5.54. The average molecular weight is 280 g/mol. The van der Waals surface area contributed by atoms with E-state index >= 15 is 0 Å². The highest BCUT2D eigenvalue weighted by Crippen LogP contribution is 2.21. The summed E-state index contributed by atoms with van der Waals surface area (Å²) >= 11 is 0. The van der Waals surface area contributed by atoms with Crippen LogP contribution in [0.2, 0.25) is 0 Å². The monoisotopic (exact) mass is 280 g/mol. The molecule has 0 aliphatic heterocycles. The molecule has 0 fully saturated rings. The summed E-state index contributed by atoms with van der Waals surface area (Å²) < 4.78 is 0. The van der Waals surface area contributed by atoms with Gasteiger partial charge in [-0.25, -0.2) is 0 Å². The fourth-order valence-electron chi connectivity index (χ4n) is 2.39. The van der Waals surface area contributed by atoms with Crippen LogP contribution in [0, 0.1) is 0 Å². The molecule has 2 nitrogen and oxygen atoms in total. The van der Waals surface area contributed by atoms with E-state index in [0.717, 1.165) is 17.5 Å². The molecule has 0 spiro atoms. The Labute approximate surface area is 125 Å². The van der Waals surface area contributed by atoms with Crippen molar-refractivity contribution in [3.63, 3.8) is 0 Å². The summed E-state index contributed by atoms with van der Waals surface area (Å²) in [5.41, 5.74) is 3.92. The predicted molar refractivity (Wildman–Crippen MR) is 85.0 cm³/mol. The Balaban J connectivity index is 2.08. The minimum atomic E-state index is 0.0917. The molecule has 0 saturated carbocycles. The van der Waals surface area contributed by atoms with E-state index in [-0.39, 0.29) is 11.6 Å². The molecule has 1 unspecified atom stereocenters. The maximum absolute atomic E-state index is 11.3. The van der Waals surface area contributed by atoms with E-state index in [2.05, 4.69) is 6.92 Å². The van der Waals surface area contributed by atoms with Gasteiger partial charge in [0.1, 0.15) is 0 Å². The summed E-state index contributed by atoms with van der Waals surface area (Å²) in [5, 5.41) is 0. The molecule has 0 amide bonds. The lowest BCUT2D eigenvalue weighted by Gasteiger charge is -2.12. The quantitative estimate of drug-likeness (QED) is 0.759. The van der Waals surface area contributed by atoms with Crippen molar-refractivity contribution in [2.24, 2.45) is 0 Å². The highest BCUT2D eigenvalue weighted by molar-refractivity contribution is 5.94. The molecule has 0 N–H and O–H groups in total. The third-order valence-corrected chi connectivity index (χ3v) is 3.79. The number of carbonyl (C=O) groups excluding carboxylic acids is 2. The summed E-state index contributed by atoms with van der Waals surface area (Å²) in [6.45, 7) is 5.32. The zero-order valence-corrected chi connectivity index (χ0v) is 12.7. The highest BCUT2D eigenvalue weighted by atomic mass is 16.1. The molecular formula is C19H20O2. The van der Waals surface area contributed by atoms with Gasteiger partial charge in [-0.3, -0.25) is 9.59 Å². The van der Waals surface area contributed by atoms with Crippen LogP contribution < -0.4 is 0 Å². The third kappa shape index (κ3) is 3.88. The van der Waals surface area contributed by atoms with E-state index in [4.69, 9.17) is 0 Å². The fraction of sp³-hybridized carbons (Fsp3) is 0.263. The second-order valence-corrected chi connectivity index (χ2v) is 5.54. The van der Waals surface area contributed by atoms with Gasteiger partial charge in [-0.2, -0.15) is 0 Å². The molecule has 2 aromatic rings. The SMILES string of the molecule is CC(=O)c1ccc(CC(C)c2ccc(C(C)=O)cc2)cc1.